The van der Waals surface area contributed by atoms with E-state index in [1.807, 2.05) is 12.1 Å². The molecule has 0 spiro atoms. The highest BCUT2D eigenvalue weighted by atomic mass is 79.9. The lowest BCUT2D eigenvalue weighted by Crippen LogP contribution is -2.11. The van der Waals surface area contributed by atoms with Crippen LogP contribution in [0.3, 0.4) is 0 Å². The van der Waals surface area contributed by atoms with Crippen LogP contribution >= 0.6 is 15.9 Å². The van der Waals surface area contributed by atoms with Crippen molar-refractivity contribution in [3.63, 3.8) is 0 Å². The molecule has 0 unspecified atom stereocenters. The second-order valence-electron chi connectivity index (χ2n) is 6.17. The maximum absolute atomic E-state index is 12.4. The van der Waals surface area contributed by atoms with Crippen molar-refractivity contribution in [2.24, 2.45) is 0 Å². The van der Waals surface area contributed by atoms with Gasteiger partial charge in [-0.3, -0.25) is 4.79 Å². The summed E-state index contributed by atoms with van der Waals surface area (Å²) in [5.41, 5.74) is 1.37. The van der Waals surface area contributed by atoms with Crippen molar-refractivity contribution in [1.29, 1.82) is 0 Å². The highest BCUT2D eigenvalue weighted by molar-refractivity contribution is 9.10. The van der Waals surface area contributed by atoms with Gasteiger partial charge in [-0.15, -0.1) is 0 Å². The number of rotatable bonds is 4. The fourth-order valence-electron chi connectivity index (χ4n) is 2.90. The first-order chi connectivity index (χ1) is 14.1. The number of fused-ring (bicyclic) bond motifs is 1. The molecule has 4 rings (SSSR count). The van der Waals surface area contributed by atoms with E-state index in [9.17, 15) is 9.59 Å². The van der Waals surface area contributed by atoms with Crippen LogP contribution in [-0.2, 0) is 0 Å². The first kappa shape index (κ1) is 18.9. The van der Waals surface area contributed by atoms with Crippen molar-refractivity contribution < 1.29 is 14.3 Å². The lowest BCUT2D eigenvalue weighted by molar-refractivity contribution is 0.0729. The first-order valence-electron chi connectivity index (χ1n) is 8.71. The summed E-state index contributed by atoms with van der Waals surface area (Å²) in [5.74, 6) is 0.462. The molecule has 0 amide bonds. The van der Waals surface area contributed by atoms with E-state index in [-0.39, 0.29) is 11.3 Å². The van der Waals surface area contributed by atoms with Gasteiger partial charge in [0.1, 0.15) is 5.82 Å². The van der Waals surface area contributed by atoms with Gasteiger partial charge in [0.2, 0.25) is 0 Å². The predicted molar refractivity (Wildman–Crippen MR) is 113 cm³/mol. The molecule has 0 aliphatic rings. The predicted octanol–water partition coefficient (Wildman–Crippen LogP) is 4.58. The first-order valence-corrected chi connectivity index (χ1v) is 9.50. The van der Waals surface area contributed by atoms with Gasteiger partial charge in [0.15, 0.2) is 11.5 Å². The number of hydrogen-bond donors (Lipinski definition) is 1. The number of halogens is 1. The number of para-hydroxylation sites is 1. The molecule has 0 bridgehead atoms. The topological polar surface area (TPSA) is 81.3 Å². The van der Waals surface area contributed by atoms with Crippen LogP contribution in [0.5, 0.6) is 11.5 Å². The molecule has 29 heavy (non-hydrogen) atoms. The van der Waals surface area contributed by atoms with Gasteiger partial charge in [-0.05, 0) is 52.3 Å². The normalized spacial score (nSPS) is 10.7. The summed E-state index contributed by atoms with van der Waals surface area (Å²) < 4.78 is 11.5. The Morgan fingerprint density at radius 3 is 2.48 bits per heavy atom. The molecule has 6 nitrogen and oxygen atoms in total. The van der Waals surface area contributed by atoms with Crippen LogP contribution in [0, 0.1) is 0 Å². The second-order valence-corrected chi connectivity index (χ2v) is 7.02. The molecule has 0 aliphatic carbocycles. The summed E-state index contributed by atoms with van der Waals surface area (Å²) >= 11 is 3.47. The lowest BCUT2D eigenvalue weighted by atomic mass is 10.1. The van der Waals surface area contributed by atoms with E-state index in [4.69, 9.17) is 9.47 Å². The number of nitrogens with zero attached hydrogens (tertiary/aromatic N) is 1. The Kier molecular flexibility index (Phi) is 5.14. The average molecular weight is 451 g/mol. The van der Waals surface area contributed by atoms with E-state index in [0.29, 0.717) is 38.1 Å². The maximum atomic E-state index is 12.4. The molecule has 0 aliphatic heterocycles. The van der Waals surface area contributed by atoms with Gasteiger partial charge in [-0.1, -0.05) is 30.3 Å². The van der Waals surface area contributed by atoms with E-state index < -0.39 is 5.97 Å². The standard InChI is InChI=1S/C22H15BrN2O4/c1-28-18-11-15(20-24-17-10-6-5-9-14(17)21(26)25-20)16(23)12-19(18)29-22(27)13-7-3-2-4-8-13/h2-12H,1H3,(H,24,25,26). The zero-order chi connectivity index (χ0) is 20.4. The summed E-state index contributed by atoms with van der Waals surface area (Å²) in [5, 5.41) is 0.507. The summed E-state index contributed by atoms with van der Waals surface area (Å²) in [6.07, 6.45) is 0. The van der Waals surface area contributed by atoms with Crippen molar-refractivity contribution in [3.8, 4) is 22.9 Å². The van der Waals surface area contributed by atoms with E-state index in [2.05, 4.69) is 25.9 Å². The molecule has 1 aromatic heterocycles. The monoisotopic (exact) mass is 450 g/mol. The fraction of sp³-hybridized carbons (Fsp3) is 0.0455. The molecule has 0 fully saturated rings. The minimum Gasteiger partial charge on any atom is -0.493 e. The number of nitrogens with one attached hydrogen (secondary N) is 1. The molecule has 144 valence electrons. The molecular weight excluding hydrogens is 436 g/mol. The van der Waals surface area contributed by atoms with E-state index >= 15 is 0 Å². The third-order valence-corrected chi connectivity index (χ3v) is 4.99. The smallest absolute Gasteiger partial charge is 0.343 e. The maximum Gasteiger partial charge on any atom is 0.343 e. The fourth-order valence-corrected chi connectivity index (χ4v) is 3.41. The Morgan fingerprint density at radius 2 is 1.72 bits per heavy atom. The van der Waals surface area contributed by atoms with Gasteiger partial charge < -0.3 is 14.5 Å². The highest BCUT2D eigenvalue weighted by Crippen LogP contribution is 2.38. The Morgan fingerprint density at radius 1 is 1.00 bits per heavy atom. The van der Waals surface area contributed by atoms with E-state index in [1.165, 1.54) is 7.11 Å². The van der Waals surface area contributed by atoms with Crippen molar-refractivity contribution in [3.05, 3.63) is 87.1 Å². The van der Waals surface area contributed by atoms with Gasteiger partial charge in [-0.2, -0.15) is 0 Å². The minimum atomic E-state index is -0.499. The number of H-pyrrole nitrogens is 1. The van der Waals surface area contributed by atoms with Crippen LogP contribution in [-0.4, -0.2) is 23.0 Å². The number of hydrogen-bond acceptors (Lipinski definition) is 5. The zero-order valence-electron chi connectivity index (χ0n) is 15.3. The molecule has 0 saturated carbocycles. The molecule has 3 aromatic carbocycles. The number of ether oxygens (including phenoxy) is 2. The van der Waals surface area contributed by atoms with Gasteiger partial charge in [-0.25, -0.2) is 9.78 Å². The Hall–Kier alpha value is -3.45. The van der Waals surface area contributed by atoms with Gasteiger partial charge in [0.05, 0.1) is 23.6 Å². The van der Waals surface area contributed by atoms with Crippen LogP contribution in [0.1, 0.15) is 10.4 Å². The summed E-state index contributed by atoms with van der Waals surface area (Å²) in [6, 6.07) is 19.0. The Labute approximate surface area is 174 Å². The van der Waals surface area contributed by atoms with Crippen LogP contribution in [0.25, 0.3) is 22.3 Å². The van der Waals surface area contributed by atoms with Crippen LogP contribution < -0.4 is 15.0 Å². The summed E-state index contributed by atoms with van der Waals surface area (Å²) in [4.78, 5) is 32.1. The van der Waals surface area contributed by atoms with Crippen LogP contribution in [0.15, 0.2) is 76.0 Å². The van der Waals surface area contributed by atoms with E-state index in [1.54, 1.807) is 54.6 Å². The largest absolute Gasteiger partial charge is 0.493 e. The average Bonchev–Trinajstić information content (AvgIpc) is 2.74. The van der Waals surface area contributed by atoms with Crippen molar-refractivity contribution in [1.82, 2.24) is 9.97 Å². The molecule has 0 atom stereocenters. The third kappa shape index (κ3) is 3.77. The quantitative estimate of drug-likeness (QED) is 0.363. The highest BCUT2D eigenvalue weighted by Gasteiger charge is 2.17. The van der Waals surface area contributed by atoms with Crippen LogP contribution in [0.4, 0.5) is 0 Å². The number of benzene rings is 3. The number of carbonyl (C=O) groups excluding carboxylic acids is 1. The van der Waals surface area contributed by atoms with Crippen molar-refractivity contribution >= 4 is 32.8 Å². The number of aromatic nitrogens is 2. The number of esters is 1. The number of carbonyl (C=O) groups is 1. The molecule has 7 heteroatoms. The summed E-state index contributed by atoms with van der Waals surface area (Å²) in [6.45, 7) is 0. The zero-order valence-corrected chi connectivity index (χ0v) is 16.9. The molecule has 1 heterocycles. The van der Waals surface area contributed by atoms with Gasteiger partial charge >= 0.3 is 5.97 Å². The minimum absolute atomic E-state index is 0.240. The van der Waals surface area contributed by atoms with Crippen molar-refractivity contribution in [2.75, 3.05) is 7.11 Å². The van der Waals surface area contributed by atoms with E-state index in [0.717, 1.165) is 0 Å². The van der Waals surface area contributed by atoms with Crippen LogP contribution in [0.2, 0.25) is 0 Å². The molecule has 4 aromatic rings. The van der Waals surface area contributed by atoms with Gasteiger partial charge in [0.25, 0.3) is 5.56 Å². The number of aromatic amines is 1. The molecule has 0 saturated heterocycles. The van der Waals surface area contributed by atoms with Crippen molar-refractivity contribution in [2.45, 2.75) is 0 Å². The third-order valence-electron chi connectivity index (χ3n) is 4.33. The molecule has 0 radical (unpaired) electrons. The Balaban J connectivity index is 1.75. The Bertz CT molecular complexity index is 1270. The SMILES string of the molecule is COc1cc(-c2nc3ccccc3c(=O)[nH]2)c(Br)cc1OC(=O)c1ccccc1. The number of methoxy groups -OCH3 is 1. The molecule has 1 N–H and O–H groups in total. The lowest BCUT2D eigenvalue weighted by Gasteiger charge is -2.13. The molecular formula is C22H15BrN2O4. The van der Waals surface area contributed by atoms with Gasteiger partial charge in [0, 0.05) is 10.0 Å². The second kappa shape index (κ2) is 7.89. The summed E-state index contributed by atoms with van der Waals surface area (Å²) in [7, 11) is 1.48.